The van der Waals surface area contributed by atoms with Crippen molar-refractivity contribution in [3.63, 3.8) is 0 Å². The van der Waals surface area contributed by atoms with E-state index in [-0.39, 0.29) is 36.5 Å². The first-order chi connectivity index (χ1) is 10.5. The highest BCUT2D eigenvalue weighted by molar-refractivity contribution is 7.18. The van der Waals surface area contributed by atoms with Gasteiger partial charge in [-0.05, 0) is 26.3 Å². The molecule has 1 amide bonds. The molecule has 1 atom stereocenters. The van der Waals surface area contributed by atoms with Gasteiger partial charge < -0.3 is 10.2 Å². The molecule has 0 unspecified atom stereocenters. The van der Waals surface area contributed by atoms with Crippen LogP contribution in [0.5, 0.6) is 0 Å². The Bertz CT molecular complexity index is 786. The van der Waals surface area contributed by atoms with Crippen LogP contribution in [0.1, 0.15) is 17.4 Å². The summed E-state index contributed by atoms with van der Waals surface area (Å²) >= 11 is 1.52. The summed E-state index contributed by atoms with van der Waals surface area (Å²) in [4.78, 5) is 33.1. The third kappa shape index (κ3) is 3.27. The zero-order chi connectivity index (χ0) is 15.9. The number of fused-ring (bicyclic) bond motifs is 1. The molecule has 0 bridgehead atoms. The minimum absolute atomic E-state index is 0. The van der Waals surface area contributed by atoms with E-state index in [1.165, 1.54) is 22.2 Å². The van der Waals surface area contributed by atoms with E-state index in [2.05, 4.69) is 10.3 Å². The topological polar surface area (TPSA) is 67.2 Å². The molecule has 1 saturated heterocycles. The van der Waals surface area contributed by atoms with Crippen molar-refractivity contribution in [2.45, 2.75) is 33.4 Å². The molecule has 6 nitrogen and oxygen atoms in total. The second-order valence-electron chi connectivity index (χ2n) is 5.78. The van der Waals surface area contributed by atoms with Crippen molar-refractivity contribution >= 4 is 39.9 Å². The Morgan fingerprint density at radius 2 is 2.22 bits per heavy atom. The minimum atomic E-state index is -0.122. The van der Waals surface area contributed by atoms with Crippen LogP contribution >= 0.6 is 23.7 Å². The fourth-order valence-corrected chi connectivity index (χ4v) is 3.82. The lowest BCUT2D eigenvalue weighted by molar-refractivity contribution is -0.134. The number of rotatable bonds is 2. The summed E-state index contributed by atoms with van der Waals surface area (Å²) in [5.74, 6) is -0.0261. The number of piperazine rings is 1. The third-order valence-corrected chi connectivity index (χ3v) is 5.40. The van der Waals surface area contributed by atoms with Gasteiger partial charge in [-0.15, -0.1) is 23.7 Å². The van der Waals surface area contributed by atoms with E-state index < -0.39 is 0 Å². The summed E-state index contributed by atoms with van der Waals surface area (Å²) in [6.07, 6.45) is 1.49. The van der Waals surface area contributed by atoms with Crippen LogP contribution in [0.15, 0.2) is 11.1 Å². The monoisotopic (exact) mass is 356 g/mol. The molecule has 3 rings (SSSR count). The van der Waals surface area contributed by atoms with Crippen molar-refractivity contribution in [2.75, 3.05) is 19.6 Å². The molecule has 1 fully saturated rings. The normalized spacial score (nSPS) is 18.0. The quantitative estimate of drug-likeness (QED) is 0.881. The summed E-state index contributed by atoms with van der Waals surface area (Å²) in [6.45, 7) is 8.26. The predicted octanol–water partition coefficient (Wildman–Crippen LogP) is 1.32. The van der Waals surface area contributed by atoms with E-state index >= 15 is 0 Å². The van der Waals surface area contributed by atoms with Gasteiger partial charge in [-0.3, -0.25) is 14.2 Å². The lowest BCUT2D eigenvalue weighted by atomic mass is 10.2. The van der Waals surface area contributed by atoms with Crippen molar-refractivity contribution < 1.29 is 4.79 Å². The summed E-state index contributed by atoms with van der Waals surface area (Å²) < 4.78 is 1.43. The van der Waals surface area contributed by atoms with E-state index in [1.807, 2.05) is 25.7 Å². The van der Waals surface area contributed by atoms with Crippen LogP contribution in [0.3, 0.4) is 0 Å². The zero-order valence-electron chi connectivity index (χ0n) is 13.5. The molecule has 0 saturated carbocycles. The Hall–Kier alpha value is -1.44. The van der Waals surface area contributed by atoms with Gasteiger partial charge in [-0.1, -0.05) is 0 Å². The second-order valence-corrected chi connectivity index (χ2v) is 6.98. The van der Waals surface area contributed by atoms with Crippen LogP contribution < -0.4 is 10.9 Å². The van der Waals surface area contributed by atoms with Crippen LogP contribution in [0.2, 0.25) is 0 Å². The van der Waals surface area contributed by atoms with Crippen LogP contribution in [0, 0.1) is 13.8 Å². The molecule has 23 heavy (non-hydrogen) atoms. The number of halogens is 1. The Labute approximate surface area is 144 Å². The molecular formula is C15H21ClN4O2S. The molecule has 2 aromatic heterocycles. The highest BCUT2D eigenvalue weighted by atomic mass is 35.5. The van der Waals surface area contributed by atoms with E-state index in [9.17, 15) is 9.59 Å². The third-order valence-electron chi connectivity index (χ3n) is 4.28. The number of aromatic nitrogens is 2. The van der Waals surface area contributed by atoms with Crippen LogP contribution in [0.25, 0.3) is 10.2 Å². The first kappa shape index (κ1) is 17.9. The number of nitrogens with one attached hydrogen (secondary N) is 1. The largest absolute Gasteiger partial charge is 0.336 e. The maximum atomic E-state index is 12.6. The van der Waals surface area contributed by atoms with Gasteiger partial charge in [0.1, 0.15) is 11.4 Å². The summed E-state index contributed by atoms with van der Waals surface area (Å²) in [6, 6.07) is 0.152. The van der Waals surface area contributed by atoms with Gasteiger partial charge in [0.05, 0.1) is 11.7 Å². The van der Waals surface area contributed by atoms with E-state index in [4.69, 9.17) is 0 Å². The average molecular weight is 357 g/mol. The molecule has 0 radical (unpaired) electrons. The standard InChI is InChI=1S/C15H20N4O2S.ClH/c1-9-6-16-4-5-19(9)12(20)7-18-8-17-14-13(15(18)21)10(2)11(3)22-14;/h8-9,16H,4-7H2,1-3H3;1H/t9-;/m1./s1. The SMILES string of the molecule is Cc1sc2ncn(CC(=O)N3CCNC[C@H]3C)c(=O)c2c1C.Cl. The van der Waals surface area contributed by atoms with E-state index in [1.54, 1.807) is 0 Å². The molecule has 1 aliphatic heterocycles. The van der Waals surface area contributed by atoms with Gasteiger partial charge in [0, 0.05) is 30.6 Å². The molecule has 2 aromatic rings. The molecule has 1 N–H and O–H groups in total. The molecule has 8 heteroatoms. The number of amides is 1. The maximum Gasteiger partial charge on any atom is 0.262 e. The molecule has 126 valence electrons. The van der Waals surface area contributed by atoms with Crippen molar-refractivity contribution in [1.82, 2.24) is 19.8 Å². The van der Waals surface area contributed by atoms with Crippen molar-refractivity contribution in [2.24, 2.45) is 0 Å². The lowest BCUT2D eigenvalue weighted by Gasteiger charge is -2.34. The zero-order valence-corrected chi connectivity index (χ0v) is 15.1. The summed E-state index contributed by atoms with van der Waals surface area (Å²) in [7, 11) is 0. The van der Waals surface area contributed by atoms with Crippen molar-refractivity contribution in [3.05, 3.63) is 27.1 Å². The van der Waals surface area contributed by atoms with Gasteiger partial charge >= 0.3 is 0 Å². The van der Waals surface area contributed by atoms with Gasteiger partial charge in [-0.25, -0.2) is 4.98 Å². The van der Waals surface area contributed by atoms with Crippen molar-refractivity contribution in [1.29, 1.82) is 0 Å². The van der Waals surface area contributed by atoms with Crippen LogP contribution in [0.4, 0.5) is 0 Å². The average Bonchev–Trinajstić information content (AvgIpc) is 2.78. The summed E-state index contributed by atoms with van der Waals surface area (Å²) in [5.41, 5.74) is 0.845. The lowest BCUT2D eigenvalue weighted by Crippen LogP contribution is -2.53. The first-order valence-corrected chi connectivity index (χ1v) is 8.26. The molecular weight excluding hydrogens is 336 g/mol. The number of nitrogens with zero attached hydrogens (tertiary/aromatic N) is 3. The Morgan fingerprint density at radius 3 is 2.91 bits per heavy atom. The Balaban J connectivity index is 0.00000192. The first-order valence-electron chi connectivity index (χ1n) is 7.44. The molecule has 1 aliphatic rings. The smallest absolute Gasteiger partial charge is 0.262 e. The van der Waals surface area contributed by atoms with Crippen molar-refractivity contribution in [3.8, 4) is 0 Å². The summed E-state index contributed by atoms with van der Waals surface area (Å²) in [5, 5.41) is 3.90. The molecule has 3 heterocycles. The minimum Gasteiger partial charge on any atom is -0.336 e. The highest BCUT2D eigenvalue weighted by Gasteiger charge is 2.23. The molecule has 0 aliphatic carbocycles. The number of hydrogen-bond donors (Lipinski definition) is 1. The number of hydrogen-bond acceptors (Lipinski definition) is 5. The van der Waals surface area contributed by atoms with Gasteiger partial charge in [0.2, 0.25) is 5.91 Å². The highest BCUT2D eigenvalue weighted by Crippen LogP contribution is 2.25. The van der Waals surface area contributed by atoms with Crippen LogP contribution in [-0.4, -0.2) is 46.0 Å². The van der Waals surface area contributed by atoms with Gasteiger partial charge in [0.25, 0.3) is 5.56 Å². The number of aryl methyl sites for hydroxylation is 2. The maximum absolute atomic E-state index is 12.6. The second kappa shape index (κ2) is 6.98. The van der Waals surface area contributed by atoms with E-state index in [0.717, 1.165) is 28.4 Å². The Morgan fingerprint density at radius 1 is 1.48 bits per heavy atom. The number of thiophene rings is 1. The predicted molar refractivity (Wildman–Crippen MR) is 94.6 cm³/mol. The number of carbonyl (C=O) groups excluding carboxylic acids is 1. The van der Waals surface area contributed by atoms with Crippen LogP contribution in [-0.2, 0) is 11.3 Å². The number of carbonyl (C=O) groups is 1. The molecule has 0 spiro atoms. The van der Waals surface area contributed by atoms with Gasteiger partial charge in [-0.2, -0.15) is 0 Å². The fraction of sp³-hybridized carbons (Fsp3) is 0.533. The Kier molecular flexibility index (Phi) is 5.44. The van der Waals surface area contributed by atoms with E-state index in [0.29, 0.717) is 11.9 Å². The molecule has 0 aromatic carbocycles. The fourth-order valence-electron chi connectivity index (χ4n) is 2.83. The van der Waals surface area contributed by atoms with Gasteiger partial charge in [0.15, 0.2) is 0 Å².